The van der Waals surface area contributed by atoms with Gasteiger partial charge in [-0.25, -0.2) is 0 Å². The van der Waals surface area contributed by atoms with Crippen LogP contribution in [-0.2, 0) is 0 Å². The van der Waals surface area contributed by atoms with Crippen molar-refractivity contribution in [2.75, 3.05) is 27.2 Å². The highest BCUT2D eigenvalue weighted by Gasteiger charge is 2.41. The zero-order chi connectivity index (χ0) is 13.2. The predicted molar refractivity (Wildman–Crippen MR) is 77.7 cm³/mol. The van der Waals surface area contributed by atoms with E-state index in [1.54, 1.807) is 0 Å². The molecule has 0 spiro atoms. The molecule has 2 unspecified atom stereocenters. The second kappa shape index (κ2) is 5.89. The van der Waals surface area contributed by atoms with Crippen LogP contribution in [0.1, 0.15) is 51.9 Å². The molecule has 1 aliphatic carbocycles. The van der Waals surface area contributed by atoms with Gasteiger partial charge in [0, 0.05) is 24.2 Å². The van der Waals surface area contributed by atoms with E-state index in [9.17, 15) is 0 Å². The minimum atomic E-state index is 0.258. The van der Waals surface area contributed by atoms with E-state index in [0.717, 1.165) is 12.6 Å². The van der Waals surface area contributed by atoms with Gasteiger partial charge in [0.1, 0.15) is 0 Å². The van der Waals surface area contributed by atoms with Gasteiger partial charge in [-0.2, -0.15) is 0 Å². The van der Waals surface area contributed by atoms with E-state index in [1.807, 2.05) is 0 Å². The molecular weight excluding hydrogens is 222 g/mol. The molecule has 0 aromatic rings. The molecule has 0 amide bonds. The van der Waals surface area contributed by atoms with Crippen molar-refractivity contribution in [2.24, 2.45) is 5.73 Å². The standard InChI is InChI=1S/C15H31N3/c1-13-11-15(12-16,9-10-17(13)2)18(3)14-7-5-4-6-8-14/h13-14H,4-12,16H2,1-3H3. The summed E-state index contributed by atoms with van der Waals surface area (Å²) >= 11 is 0. The molecule has 2 atom stereocenters. The van der Waals surface area contributed by atoms with Crippen LogP contribution in [0.3, 0.4) is 0 Å². The third kappa shape index (κ3) is 2.73. The van der Waals surface area contributed by atoms with Crippen LogP contribution < -0.4 is 5.73 Å². The van der Waals surface area contributed by atoms with Crippen molar-refractivity contribution in [3.63, 3.8) is 0 Å². The molecule has 2 rings (SSSR count). The van der Waals surface area contributed by atoms with Gasteiger partial charge < -0.3 is 10.6 Å². The molecule has 0 radical (unpaired) electrons. The third-order valence-electron chi connectivity index (χ3n) is 5.61. The lowest BCUT2D eigenvalue weighted by atomic mass is 9.80. The van der Waals surface area contributed by atoms with E-state index < -0.39 is 0 Å². The van der Waals surface area contributed by atoms with Gasteiger partial charge in [0.05, 0.1) is 0 Å². The van der Waals surface area contributed by atoms with E-state index in [4.69, 9.17) is 5.73 Å². The summed E-state index contributed by atoms with van der Waals surface area (Å²) in [5, 5.41) is 0. The van der Waals surface area contributed by atoms with Gasteiger partial charge in [0.15, 0.2) is 0 Å². The van der Waals surface area contributed by atoms with Gasteiger partial charge in [-0.05, 0) is 53.2 Å². The quantitative estimate of drug-likeness (QED) is 0.835. The summed E-state index contributed by atoms with van der Waals surface area (Å²) in [5.74, 6) is 0. The van der Waals surface area contributed by atoms with E-state index in [0.29, 0.717) is 6.04 Å². The Morgan fingerprint density at radius 1 is 1.28 bits per heavy atom. The molecule has 2 aliphatic rings. The lowest BCUT2D eigenvalue weighted by molar-refractivity contribution is -0.00791. The fourth-order valence-electron chi connectivity index (χ4n) is 3.92. The van der Waals surface area contributed by atoms with Gasteiger partial charge in [-0.3, -0.25) is 4.90 Å². The smallest absolute Gasteiger partial charge is 0.0358 e. The van der Waals surface area contributed by atoms with Crippen molar-refractivity contribution in [2.45, 2.75) is 69.5 Å². The number of rotatable bonds is 3. The average molecular weight is 253 g/mol. The topological polar surface area (TPSA) is 32.5 Å². The number of piperidine rings is 1. The molecule has 1 saturated heterocycles. The van der Waals surface area contributed by atoms with Crippen LogP contribution in [0.25, 0.3) is 0 Å². The highest BCUT2D eigenvalue weighted by molar-refractivity contribution is 4.99. The molecule has 2 fully saturated rings. The summed E-state index contributed by atoms with van der Waals surface area (Å²) in [7, 11) is 4.58. The van der Waals surface area contributed by atoms with Gasteiger partial charge in [0.25, 0.3) is 0 Å². The highest BCUT2D eigenvalue weighted by Crippen LogP contribution is 2.35. The predicted octanol–water partition coefficient (Wildman–Crippen LogP) is 2.06. The van der Waals surface area contributed by atoms with Crippen LogP contribution in [0.4, 0.5) is 0 Å². The van der Waals surface area contributed by atoms with Crippen molar-refractivity contribution in [3.8, 4) is 0 Å². The monoisotopic (exact) mass is 253 g/mol. The molecule has 2 N–H and O–H groups in total. The number of nitrogens with zero attached hydrogens (tertiary/aromatic N) is 2. The van der Waals surface area contributed by atoms with Crippen LogP contribution in [0.5, 0.6) is 0 Å². The Hall–Kier alpha value is -0.120. The summed E-state index contributed by atoms with van der Waals surface area (Å²) in [5.41, 5.74) is 6.45. The zero-order valence-corrected chi connectivity index (χ0v) is 12.5. The lowest BCUT2D eigenvalue weighted by Crippen LogP contribution is -2.62. The summed E-state index contributed by atoms with van der Waals surface area (Å²) < 4.78 is 0. The third-order valence-corrected chi connectivity index (χ3v) is 5.61. The van der Waals surface area contributed by atoms with E-state index >= 15 is 0 Å². The number of hydrogen-bond acceptors (Lipinski definition) is 3. The fraction of sp³-hybridized carbons (Fsp3) is 1.00. The minimum absolute atomic E-state index is 0.258. The van der Waals surface area contributed by atoms with Crippen molar-refractivity contribution in [1.82, 2.24) is 9.80 Å². The SMILES string of the molecule is CC1CC(CN)(N(C)C2CCCCC2)CCN1C. The fourth-order valence-corrected chi connectivity index (χ4v) is 3.92. The molecule has 18 heavy (non-hydrogen) atoms. The van der Waals surface area contributed by atoms with Crippen molar-refractivity contribution in [1.29, 1.82) is 0 Å². The second-order valence-corrected chi connectivity index (χ2v) is 6.61. The number of nitrogens with two attached hydrogens (primary N) is 1. The Morgan fingerprint density at radius 3 is 2.50 bits per heavy atom. The maximum atomic E-state index is 6.19. The number of hydrogen-bond donors (Lipinski definition) is 1. The van der Waals surface area contributed by atoms with Crippen molar-refractivity contribution < 1.29 is 0 Å². The highest BCUT2D eigenvalue weighted by atomic mass is 15.3. The van der Waals surface area contributed by atoms with Gasteiger partial charge in [-0.1, -0.05) is 19.3 Å². The van der Waals surface area contributed by atoms with Gasteiger partial charge in [-0.15, -0.1) is 0 Å². The Morgan fingerprint density at radius 2 is 1.94 bits per heavy atom. The number of likely N-dealkylation sites (tertiary alicyclic amines) is 1. The van der Waals surface area contributed by atoms with Crippen LogP contribution in [0, 0.1) is 0 Å². The van der Waals surface area contributed by atoms with Crippen molar-refractivity contribution >= 4 is 0 Å². The first-order chi connectivity index (χ1) is 8.59. The first-order valence-electron chi connectivity index (χ1n) is 7.72. The summed E-state index contributed by atoms with van der Waals surface area (Å²) in [6, 6.07) is 1.44. The zero-order valence-electron chi connectivity index (χ0n) is 12.5. The van der Waals surface area contributed by atoms with Crippen LogP contribution in [-0.4, -0.2) is 54.6 Å². The van der Waals surface area contributed by atoms with Crippen molar-refractivity contribution in [3.05, 3.63) is 0 Å². The molecule has 0 bridgehead atoms. The van der Waals surface area contributed by atoms with E-state index in [2.05, 4.69) is 30.8 Å². The van der Waals surface area contributed by atoms with Crippen LogP contribution in [0.15, 0.2) is 0 Å². The Labute approximate surface area is 113 Å². The lowest BCUT2D eigenvalue weighted by Gasteiger charge is -2.52. The Balaban J connectivity index is 2.06. The van der Waals surface area contributed by atoms with E-state index in [1.165, 1.54) is 51.5 Å². The second-order valence-electron chi connectivity index (χ2n) is 6.61. The first kappa shape index (κ1) is 14.3. The molecule has 0 aromatic heterocycles. The average Bonchev–Trinajstić information content (AvgIpc) is 2.42. The van der Waals surface area contributed by atoms with Gasteiger partial charge >= 0.3 is 0 Å². The molecule has 3 nitrogen and oxygen atoms in total. The molecular formula is C15H31N3. The summed E-state index contributed by atoms with van der Waals surface area (Å²) in [6.07, 6.45) is 9.46. The summed E-state index contributed by atoms with van der Waals surface area (Å²) in [4.78, 5) is 5.14. The minimum Gasteiger partial charge on any atom is -0.329 e. The molecule has 1 saturated carbocycles. The first-order valence-corrected chi connectivity index (χ1v) is 7.72. The largest absolute Gasteiger partial charge is 0.329 e. The molecule has 0 aromatic carbocycles. The van der Waals surface area contributed by atoms with Gasteiger partial charge in [0.2, 0.25) is 0 Å². The number of likely N-dealkylation sites (N-methyl/N-ethyl adjacent to an activating group) is 1. The maximum Gasteiger partial charge on any atom is 0.0358 e. The molecule has 1 aliphatic heterocycles. The van der Waals surface area contributed by atoms with Crippen LogP contribution >= 0.6 is 0 Å². The van der Waals surface area contributed by atoms with E-state index in [-0.39, 0.29) is 5.54 Å². The van der Waals surface area contributed by atoms with Crippen LogP contribution in [0.2, 0.25) is 0 Å². The summed E-state index contributed by atoms with van der Waals surface area (Å²) in [6.45, 7) is 4.35. The molecule has 1 heterocycles. The molecule has 106 valence electrons. The Kier molecular flexibility index (Phi) is 4.68. The molecule has 3 heteroatoms. The normalized spacial score (nSPS) is 36.2. The maximum absolute atomic E-state index is 6.19. The Bertz CT molecular complexity index is 262.